The Hall–Kier alpha value is -0.360. The lowest BCUT2D eigenvalue weighted by Gasteiger charge is -2.07. The molecule has 0 aromatic heterocycles. The maximum atomic E-state index is 12.3. The zero-order chi connectivity index (χ0) is 10.3. The van der Waals surface area contributed by atoms with Gasteiger partial charge in [0.2, 0.25) is 0 Å². The molecule has 0 aromatic rings. The molecule has 1 unspecified atom stereocenters. The Bertz CT molecular complexity index is 126. The molecule has 0 bridgehead atoms. The first-order chi connectivity index (χ1) is 5.95. The summed E-state index contributed by atoms with van der Waals surface area (Å²) in [6.07, 6.45) is -5.47. The number of unbranched alkanes of at least 4 members (excludes halogenated alkanes) is 1. The normalized spacial score (nSPS) is 14.5. The maximum absolute atomic E-state index is 12.3. The predicted octanol–water partition coefficient (Wildman–Crippen LogP) is 2.02. The first kappa shape index (κ1) is 12.6. The van der Waals surface area contributed by atoms with E-state index in [1.165, 1.54) is 0 Å². The van der Waals surface area contributed by atoms with E-state index in [4.69, 9.17) is 5.11 Å². The molecular formula is C7H12F4O2. The molecule has 6 heteroatoms. The molecule has 0 amide bonds. The summed E-state index contributed by atoms with van der Waals surface area (Å²) in [7, 11) is 0. The van der Waals surface area contributed by atoms with E-state index in [-0.39, 0.29) is 19.3 Å². The molecule has 1 N–H and O–H groups in total. The van der Waals surface area contributed by atoms with E-state index in [0.29, 0.717) is 0 Å². The SMILES string of the molecule is OCC(F)CCCCOC(F)(F)F. The summed E-state index contributed by atoms with van der Waals surface area (Å²) in [4.78, 5) is 0. The van der Waals surface area contributed by atoms with Crippen LogP contribution >= 0.6 is 0 Å². The zero-order valence-corrected chi connectivity index (χ0v) is 6.98. The Labute approximate surface area is 73.5 Å². The van der Waals surface area contributed by atoms with Crippen molar-refractivity contribution in [3.05, 3.63) is 0 Å². The van der Waals surface area contributed by atoms with Crippen LogP contribution in [0, 0.1) is 0 Å². The molecule has 0 heterocycles. The van der Waals surface area contributed by atoms with Gasteiger partial charge < -0.3 is 5.11 Å². The summed E-state index contributed by atoms with van der Waals surface area (Å²) in [5.74, 6) is 0. The second-order valence-electron chi connectivity index (χ2n) is 2.57. The molecule has 13 heavy (non-hydrogen) atoms. The fourth-order valence-corrected chi connectivity index (χ4v) is 0.747. The van der Waals surface area contributed by atoms with Crippen LogP contribution in [0.25, 0.3) is 0 Å². The van der Waals surface area contributed by atoms with Crippen LogP contribution in [0.2, 0.25) is 0 Å². The number of rotatable bonds is 6. The molecule has 1 atom stereocenters. The Morgan fingerprint density at radius 2 is 1.85 bits per heavy atom. The fraction of sp³-hybridized carbons (Fsp3) is 1.00. The van der Waals surface area contributed by atoms with Gasteiger partial charge in [-0.15, -0.1) is 13.2 Å². The fourth-order valence-electron chi connectivity index (χ4n) is 0.747. The van der Waals surface area contributed by atoms with Crippen molar-refractivity contribution < 1.29 is 27.4 Å². The van der Waals surface area contributed by atoms with Crippen LogP contribution in [0.5, 0.6) is 0 Å². The van der Waals surface area contributed by atoms with Crippen LogP contribution in [-0.2, 0) is 4.74 Å². The number of halogens is 4. The van der Waals surface area contributed by atoms with Gasteiger partial charge in [-0.2, -0.15) is 0 Å². The van der Waals surface area contributed by atoms with Crippen molar-refractivity contribution in [2.45, 2.75) is 31.8 Å². The average Bonchev–Trinajstić information content (AvgIpc) is 2.01. The molecule has 0 spiro atoms. The van der Waals surface area contributed by atoms with Gasteiger partial charge in [-0.1, -0.05) is 0 Å². The van der Waals surface area contributed by atoms with Gasteiger partial charge in [-0.05, 0) is 19.3 Å². The predicted molar refractivity (Wildman–Crippen MR) is 37.8 cm³/mol. The van der Waals surface area contributed by atoms with Crippen molar-refractivity contribution in [3.63, 3.8) is 0 Å². The van der Waals surface area contributed by atoms with E-state index in [9.17, 15) is 17.6 Å². The number of hydrogen-bond acceptors (Lipinski definition) is 2. The van der Waals surface area contributed by atoms with Crippen molar-refractivity contribution in [1.29, 1.82) is 0 Å². The van der Waals surface area contributed by atoms with Crippen molar-refractivity contribution in [2.75, 3.05) is 13.2 Å². The third kappa shape index (κ3) is 9.55. The smallest absolute Gasteiger partial charge is 0.393 e. The van der Waals surface area contributed by atoms with Crippen molar-refractivity contribution >= 4 is 0 Å². The molecule has 2 nitrogen and oxygen atoms in total. The van der Waals surface area contributed by atoms with Crippen LogP contribution in [0.3, 0.4) is 0 Å². The highest BCUT2D eigenvalue weighted by Gasteiger charge is 2.28. The number of aliphatic hydroxyl groups is 1. The van der Waals surface area contributed by atoms with Crippen LogP contribution in [0.1, 0.15) is 19.3 Å². The summed E-state index contributed by atoms with van der Waals surface area (Å²) in [6.45, 7) is -1.04. The summed E-state index contributed by atoms with van der Waals surface area (Å²) in [5.41, 5.74) is 0. The van der Waals surface area contributed by atoms with Crippen molar-refractivity contribution in [2.24, 2.45) is 0 Å². The number of alkyl halides is 4. The Kier molecular flexibility index (Phi) is 5.98. The molecule has 80 valence electrons. The lowest BCUT2D eigenvalue weighted by molar-refractivity contribution is -0.324. The third-order valence-electron chi connectivity index (χ3n) is 1.38. The van der Waals surface area contributed by atoms with E-state index in [1.54, 1.807) is 0 Å². The van der Waals surface area contributed by atoms with Gasteiger partial charge in [-0.25, -0.2) is 4.39 Å². The van der Waals surface area contributed by atoms with Gasteiger partial charge in [0.05, 0.1) is 13.2 Å². The monoisotopic (exact) mass is 204 g/mol. The molecule has 0 aliphatic heterocycles. The van der Waals surface area contributed by atoms with Crippen LogP contribution in [-0.4, -0.2) is 30.9 Å². The number of ether oxygens (including phenoxy) is 1. The van der Waals surface area contributed by atoms with E-state index in [0.717, 1.165) is 0 Å². The van der Waals surface area contributed by atoms with Gasteiger partial charge in [0.25, 0.3) is 0 Å². The van der Waals surface area contributed by atoms with E-state index in [2.05, 4.69) is 4.74 Å². The minimum absolute atomic E-state index is 0.0672. The zero-order valence-electron chi connectivity index (χ0n) is 6.98. The molecular weight excluding hydrogens is 192 g/mol. The molecule has 0 saturated carbocycles. The molecule has 0 aromatic carbocycles. The van der Waals surface area contributed by atoms with Gasteiger partial charge in [-0.3, -0.25) is 4.74 Å². The maximum Gasteiger partial charge on any atom is 0.522 e. The summed E-state index contributed by atoms with van der Waals surface area (Å²) >= 11 is 0. The average molecular weight is 204 g/mol. The quantitative estimate of drug-likeness (QED) is 0.529. The summed E-state index contributed by atoms with van der Waals surface area (Å²) in [5, 5.41) is 8.23. The van der Waals surface area contributed by atoms with Crippen LogP contribution < -0.4 is 0 Å². The molecule has 0 fully saturated rings. The topological polar surface area (TPSA) is 29.5 Å². The minimum Gasteiger partial charge on any atom is -0.393 e. The van der Waals surface area contributed by atoms with E-state index in [1.807, 2.05) is 0 Å². The first-order valence-electron chi connectivity index (χ1n) is 3.91. The standard InChI is InChI=1S/C7H12F4O2/c8-6(5-12)3-1-2-4-13-7(9,10)11/h6,12H,1-5H2. The van der Waals surface area contributed by atoms with Crippen LogP contribution in [0.15, 0.2) is 0 Å². The minimum atomic E-state index is -4.61. The molecule has 0 aliphatic carbocycles. The summed E-state index contributed by atoms with van der Waals surface area (Å²) < 4.78 is 49.9. The number of hydrogen-bond donors (Lipinski definition) is 1. The second kappa shape index (κ2) is 6.15. The van der Waals surface area contributed by atoms with Crippen molar-refractivity contribution in [1.82, 2.24) is 0 Å². The van der Waals surface area contributed by atoms with Gasteiger partial charge in [0, 0.05) is 0 Å². The second-order valence-corrected chi connectivity index (χ2v) is 2.57. The molecule has 0 saturated heterocycles. The van der Waals surface area contributed by atoms with E-state index >= 15 is 0 Å². The molecule has 0 radical (unpaired) electrons. The lowest BCUT2D eigenvalue weighted by atomic mass is 10.2. The van der Waals surface area contributed by atoms with Crippen molar-refractivity contribution in [3.8, 4) is 0 Å². The number of aliphatic hydroxyl groups excluding tert-OH is 1. The Balaban J connectivity index is 3.18. The highest BCUT2D eigenvalue weighted by atomic mass is 19.4. The lowest BCUT2D eigenvalue weighted by Crippen LogP contribution is -2.14. The van der Waals surface area contributed by atoms with Gasteiger partial charge >= 0.3 is 6.36 Å². The van der Waals surface area contributed by atoms with Crippen LogP contribution in [0.4, 0.5) is 17.6 Å². The van der Waals surface area contributed by atoms with Gasteiger partial charge in [0.15, 0.2) is 0 Å². The first-order valence-corrected chi connectivity index (χ1v) is 3.91. The third-order valence-corrected chi connectivity index (χ3v) is 1.38. The van der Waals surface area contributed by atoms with E-state index < -0.39 is 25.7 Å². The highest BCUT2D eigenvalue weighted by molar-refractivity contribution is 4.53. The largest absolute Gasteiger partial charge is 0.522 e. The molecule has 0 aliphatic rings. The highest BCUT2D eigenvalue weighted by Crippen LogP contribution is 2.16. The molecule has 0 rings (SSSR count). The van der Waals surface area contributed by atoms with Gasteiger partial charge in [0.1, 0.15) is 6.17 Å². The Morgan fingerprint density at radius 1 is 1.23 bits per heavy atom. The Morgan fingerprint density at radius 3 is 2.31 bits per heavy atom. The summed E-state index contributed by atoms with van der Waals surface area (Å²) in [6, 6.07) is 0.